The molecule has 0 fully saturated rings. The number of para-hydroxylation sites is 1. The Hall–Kier alpha value is -5.26. The largest absolute Gasteiger partial charge is 0.455 e. The number of furan rings is 1. The third-order valence-corrected chi connectivity index (χ3v) is 9.31. The van der Waals surface area contributed by atoms with Crippen LogP contribution < -0.4 is 5.32 Å². The maximum Gasteiger partial charge on any atom is 0.169 e. The Balaban J connectivity index is 1.31. The highest BCUT2D eigenvalue weighted by Gasteiger charge is 2.26. The summed E-state index contributed by atoms with van der Waals surface area (Å²) in [5.74, 6) is 1.54. The van der Waals surface area contributed by atoms with Crippen molar-refractivity contribution in [3.63, 3.8) is 0 Å². The Kier molecular flexibility index (Phi) is 5.10. The van der Waals surface area contributed by atoms with E-state index in [0.717, 1.165) is 50.3 Å². The summed E-state index contributed by atoms with van der Waals surface area (Å²) >= 11 is 1.82. The van der Waals surface area contributed by atoms with Crippen LogP contribution in [0.2, 0.25) is 0 Å². The maximum absolute atomic E-state index is 6.63. The van der Waals surface area contributed by atoms with E-state index in [1.54, 1.807) is 0 Å². The Bertz CT molecular complexity index is 2400. The molecule has 0 bridgehead atoms. The van der Waals surface area contributed by atoms with Gasteiger partial charge < -0.3 is 9.73 Å². The summed E-state index contributed by atoms with van der Waals surface area (Å²) in [6.07, 6.45) is -0.390. The lowest BCUT2D eigenvalue weighted by atomic mass is 10.0. The van der Waals surface area contributed by atoms with Crippen LogP contribution in [0.15, 0.2) is 142 Å². The van der Waals surface area contributed by atoms with Crippen LogP contribution in [0.25, 0.3) is 52.9 Å². The fraction of sp³-hybridized carbons (Fsp3) is 0.0270. The molecule has 9 rings (SSSR count). The Morgan fingerprint density at radius 3 is 2.26 bits per heavy atom. The molecule has 0 spiro atoms. The Morgan fingerprint density at radius 1 is 0.619 bits per heavy atom. The minimum Gasteiger partial charge on any atom is -0.455 e. The van der Waals surface area contributed by atoms with Crippen molar-refractivity contribution >= 4 is 75.9 Å². The van der Waals surface area contributed by atoms with Gasteiger partial charge in [0, 0.05) is 36.5 Å². The molecule has 0 aliphatic carbocycles. The van der Waals surface area contributed by atoms with Crippen molar-refractivity contribution in [3.8, 4) is 0 Å². The number of thiophene rings is 1. The standard InChI is InChI=1S/C37H23N3OS/c1-2-11-23(12-3-1)35-38-36(25-19-18-22-10-4-5-13-24(22)20-25)40-37(39-35)29-21-28-26-14-7-9-17-31(26)42-34(28)32-27-15-6-8-16-30(27)41-33(29)32/h1-21,35H,(H,38,39,40). The number of benzene rings is 6. The van der Waals surface area contributed by atoms with Crippen molar-refractivity contribution < 1.29 is 4.42 Å². The molecule has 4 nitrogen and oxygen atoms in total. The van der Waals surface area contributed by atoms with Gasteiger partial charge in [0.1, 0.15) is 22.8 Å². The number of rotatable bonds is 3. The second-order valence-corrected chi connectivity index (χ2v) is 11.7. The zero-order valence-electron chi connectivity index (χ0n) is 22.4. The monoisotopic (exact) mass is 557 g/mol. The summed E-state index contributed by atoms with van der Waals surface area (Å²) in [5, 5.41) is 10.7. The molecule has 42 heavy (non-hydrogen) atoms. The van der Waals surface area contributed by atoms with Gasteiger partial charge in [0.05, 0.1) is 5.56 Å². The summed E-state index contributed by atoms with van der Waals surface area (Å²) in [6, 6.07) is 44.3. The molecule has 8 aromatic rings. The molecule has 0 amide bonds. The number of aliphatic imine (C=N–C) groups is 2. The minimum atomic E-state index is -0.390. The van der Waals surface area contributed by atoms with Gasteiger partial charge in [0.25, 0.3) is 0 Å². The van der Waals surface area contributed by atoms with Crippen LogP contribution in [0.1, 0.15) is 22.9 Å². The second-order valence-electron chi connectivity index (χ2n) is 10.6. The molecule has 0 radical (unpaired) electrons. The highest BCUT2D eigenvalue weighted by molar-refractivity contribution is 7.26. The molecular weight excluding hydrogens is 534 g/mol. The summed E-state index contributed by atoms with van der Waals surface area (Å²) < 4.78 is 9.12. The van der Waals surface area contributed by atoms with E-state index in [1.807, 2.05) is 41.7 Å². The van der Waals surface area contributed by atoms with Crippen LogP contribution in [-0.4, -0.2) is 11.7 Å². The van der Waals surface area contributed by atoms with Crippen LogP contribution in [0, 0.1) is 0 Å². The van der Waals surface area contributed by atoms with Gasteiger partial charge in [-0.2, -0.15) is 0 Å². The number of nitrogens with one attached hydrogen (secondary N) is 1. The van der Waals surface area contributed by atoms with Crippen molar-refractivity contribution in [2.75, 3.05) is 0 Å². The van der Waals surface area contributed by atoms with Crippen molar-refractivity contribution in [2.45, 2.75) is 6.17 Å². The van der Waals surface area contributed by atoms with Crippen molar-refractivity contribution in [1.29, 1.82) is 0 Å². The van der Waals surface area contributed by atoms with Crippen molar-refractivity contribution in [1.82, 2.24) is 5.32 Å². The molecule has 1 atom stereocenters. The van der Waals surface area contributed by atoms with Crippen LogP contribution in [0.4, 0.5) is 0 Å². The van der Waals surface area contributed by atoms with E-state index < -0.39 is 6.17 Å². The summed E-state index contributed by atoms with van der Waals surface area (Å²) in [6.45, 7) is 0. The van der Waals surface area contributed by atoms with Gasteiger partial charge in [0.15, 0.2) is 6.17 Å². The summed E-state index contributed by atoms with van der Waals surface area (Å²) in [5.41, 5.74) is 4.71. The first-order valence-electron chi connectivity index (χ1n) is 14.0. The van der Waals surface area contributed by atoms with Crippen LogP contribution >= 0.6 is 11.3 Å². The molecule has 1 aliphatic heterocycles. The van der Waals surface area contributed by atoms with Crippen molar-refractivity contribution in [3.05, 3.63) is 144 Å². The predicted molar refractivity (Wildman–Crippen MR) is 176 cm³/mol. The van der Waals surface area contributed by atoms with E-state index in [-0.39, 0.29) is 0 Å². The number of amidine groups is 2. The zero-order chi connectivity index (χ0) is 27.6. The molecule has 198 valence electrons. The molecule has 0 saturated heterocycles. The molecule has 6 aromatic carbocycles. The van der Waals surface area contributed by atoms with E-state index in [9.17, 15) is 0 Å². The molecular formula is C37H23N3OS. The van der Waals surface area contributed by atoms with E-state index in [0.29, 0.717) is 0 Å². The molecule has 1 aliphatic rings. The number of hydrogen-bond acceptors (Lipinski definition) is 5. The lowest BCUT2D eigenvalue weighted by molar-refractivity contribution is 0.667. The quantitative estimate of drug-likeness (QED) is 0.235. The van der Waals surface area contributed by atoms with Gasteiger partial charge >= 0.3 is 0 Å². The van der Waals surface area contributed by atoms with Gasteiger partial charge in [-0.05, 0) is 40.6 Å². The van der Waals surface area contributed by atoms with E-state index in [1.165, 1.54) is 30.9 Å². The SMILES string of the molecule is c1ccc(C2N=C(c3ccc4ccccc4c3)NC(c3cc4c5ccccc5sc4c4c3oc3ccccc34)=N2)cc1. The zero-order valence-corrected chi connectivity index (χ0v) is 23.2. The summed E-state index contributed by atoms with van der Waals surface area (Å²) in [4.78, 5) is 10.3. The number of fused-ring (bicyclic) bond motifs is 8. The number of hydrogen-bond donors (Lipinski definition) is 1. The smallest absolute Gasteiger partial charge is 0.169 e. The van der Waals surface area contributed by atoms with Crippen molar-refractivity contribution in [2.24, 2.45) is 9.98 Å². The average Bonchev–Trinajstić information content (AvgIpc) is 3.63. The molecule has 0 saturated carbocycles. The predicted octanol–water partition coefficient (Wildman–Crippen LogP) is 9.60. The molecule has 1 N–H and O–H groups in total. The highest BCUT2D eigenvalue weighted by atomic mass is 32.1. The van der Waals surface area contributed by atoms with Gasteiger partial charge in [-0.15, -0.1) is 11.3 Å². The van der Waals surface area contributed by atoms with Gasteiger partial charge in [-0.1, -0.05) is 103 Å². The first kappa shape index (κ1) is 23.4. The second kappa shape index (κ2) is 9.13. The Labute approximate surface area is 245 Å². The molecule has 1 unspecified atom stereocenters. The van der Waals surface area contributed by atoms with Gasteiger partial charge in [0.2, 0.25) is 0 Å². The third kappa shape index (κ3) is 3.60. The topological polar surface area (TPSA) is 49.9 Å². The molecule has 3 heterocycles. The van der Waals surface area contributed by atoms with Crippen LogP contribution in [-0.2, 0) is 0 Å². The normalized spacial score (nSPS) is 15.4. The minimum absolute atomic E-state index is 0.390. The van der Waals surface area contributed by atoms with E-state index >= 15 is 0 Å². The molecule has 5 heteroatoms. The lowest BCUT2D eigenvalue weighted by Crippen LogP contribution is -2.36. The fourth-order valence-electron chi connectivity index (χ4n) is 6.09. The fourth-order valence-corrected chi connectivity index (χ4v) is 7.32. The summed E-state index contributed by atoms with van der Waals surface area (Å²) in [7, 11) is 0. The molecule has 2 aromatic heterocycles. The number of nitrogens with zero attached hydrogens (tertiary/aromatic N) is 2. The average molecular weight is 558 g/mol. The maximum atomic E-state index is 6.63. The first-order valence-corrected chi connectivity index (χ1v) is 14.8. The van der Waals surface area contributed by atoms with E-state index in [4.69, 9.17) is 14.4 Å². The van der Waals surface area contributed by atoms with Gasteiger partial charge in [-0.3, -0.25) is 0 Å². The van der Waals surface area contributed by atoms with Crippen LogP contribution in [0.5, 0.6) is 0 Å². The van der Waals surface area contributed by atoms with E-state index in [2.05, 4.69) is 102 Å². The van der Waals surface area contributed by atoms with Gasteiger partial charge in [-0.25, -0.2) is 9.98 Å². The third-order valence-electron chi connectivity index (χ3n) is 8.11. The van der Waals surface area contributed by atoms with Crippen LogP contribution in [0.3, 0.4) is 0 Å². The lowest BCUT2D eigenvalue weighted by Gasteiger charge is -2.22. The highest BCUT2D eigenvalue weighted by Crippen LogP contribution is 2.44. The Morgan fingerprint density at radius 2 is 1.36 bits per heavy atom. The first-order chi connectivity index (χ1) is 20.8.